The lowest BCUT2D eigenvalue weighted by atomic mass is 10.1. The van der Waals surface area contributed by atoms with Crippen molar-refractivity contribution >= 4 is 22.7 Å². The fourth-order valence-electron chi connectivity index (χ4n) is 2.75. The van der Waals surface area contributed by atoms with Crippen LogP contribution in [0.4, 0.5) is 5.69 Å². The van der Waals surface area contributed by atoms with Crippen molar-refractivity contribution in [2.45, 2.75) is 25.8 Å². The summed E-state index contributed by atoms with van der Waals surface area (Å²) < 4.78 is 5.63. The van der Waals surface area contributed by atoms with Crippen LogP contribution in [0, 0.1) is 10.1 Å². The van der Waals surface area contributed by atoms with Crippen LogP contribution in [-0.4, -0.2) is 27.8 Å². The number of hydrogen-bond acceptors (Lipinski definition) is 5. The van der Waals surface area contributed by atoms with Crippen LogP contribution in [0.25, 0.3) is 11.1 Å². The molecule has 26 heavy (non-hydrogen) atoms. The Bertz CT molecular complexity index is 918. The summed E-state index contributed by atoms with van der Waals surface area (Å²) in [5.74, 6) is 0.446. The number of oxazole rings is 1. The number of nitro benzene ring substituents is 1. The predicted octanol–water partition coefficient (Wildman–Crippen LogP) is 3.89. The number of aryl methyl sites for hydroxylation is 1. The van der Waals surface area contributed by atoms with Gasteiger partial charge in [-0.25, -0.2) is 4.98 Å². The summed E-state index contributed by atoms with van der Waals surface area (Å²) in [5, 5.41) is 10.9. The lowest BCUT2D eigenvalue weighted by Crippen LogP contribution is -2.29. The van der Waals surface area contributed by atoms with E-state index in [1.54, 1.807) is 24.1 Å². The number of hydrogen-bond donors (Lipinski definition) is 0. The maximum atomic E-state index is 12.5. The van der Waals surface area contributed by atoms with Crippen LogP contribution in [0.15, 0.2) is 52.9 Å². The molecule has 2 aromatic carbocycles. The van der Waals surface area contributed by atoms with E-state index in [1.165, 1.54) is 12.1 Å². The van der Waals surface area contributed by atoms with E-state index in [0.717, 1.165) is 11.1 Å². The lowest BCUT2D eigenvalue weighted by Gasteiger charge is -2.25. The maximum Gasteiger partial charge on any atom is 0.269 e. The molecular formula is C19H19N3O4. The van der Waals surface area contributed by atoms with Crippen molar-refractivity contribution in [1.82, 2.24) is 9.88 Å². The Morgan fingerprint density at radius 2 is 2.04 bits per heavy atom. The Morgan fingerprint density at radius 1 is 1.27 bits per heavy atom. The smallest absolute Gasteiger partial charge is 0.269 e. The molecule has 0 N–H and O–H groups in total. The molecule has 3 aromatic rings. The van der Waals surface area contributed by atoms with Gasteiger partial charge in [0.15, 0.2) is 11.5 Å². The summed E-state index contributed by atoms with van der Waals surface area (Å²) in [5.41, 5.74) is 2.21. The van der Waals surface area contributed by atoms with Crippen molar-refractivity contribution < 1.29 is 14.1 Å². The number of nitrogens with zero attached hydrogens (tertiary/aromatic N) is 3. The molecule has 0 aliphatic carbocycles. The second-order valence-corrected chi connectivity index (χ2v) is 6.11. The average molecular weight is 353 g/mol. The van der Waals surface area contributed by atoms with Crippen molar-refractivity contribution in [1.29, 1.82) is 0 Å². The monoisotopic (exact) mass is 353 g/mol. The SMILES string of the molecule is C[C@@H](c1cccc([N+](=O)[O-])c1)N(C)C(=O)CCc1nc2ccccc2o1. The minimum Gasteiger partial charge on any atom is -0.441 e. The molecule has 0 fully saturated rings. The first-order valence-electron chi connectivity index (χ1n) is 8.30. The largest absolute Gasteiger partial charge is 0.441 e. The molecule has 1 heterocycles. The second-order valence-electron chi connectivity index (χ2n) is 6.11. The topological polar surface area (TPSA) is 89.5 Å². The summed E-state index contributed by atoms with van der Waals surface area (Å²) in [6.07, 6.45) is 0.655. The van der Waals surface area contributed by atoms with E-state index < -0.39 is 4.92 Å². The second kappa shape index (κ2) is 7.35. The van der Waals surface area contributed by atoms with Gasteiger partial charge in [-0.2, -0.15) is 0 Å². The summed E-state index contributed by atoms with van der Waals surface area (Å²) in [4.78, 5) is 28.9. The van der Waals surface area contributed by atoms with Crippen molar-refractivity contribution in [3.8, 4) is 0 Å². The average Bonchev–Trinajstić information content (AvgIpc) is 3.08. The standard InChI is InChI=1S/C19H19N3O4/c1-13(14-6-5-7-15(12-14)22(24)25)21(2)19(23)11-10-18-20-16-8-3-4-9-17(16)26-18/h3-9,12-13H,10-11H2,1-2H3/t13-/m0/s1. The van der Waals surface area contributed by atoms with Gasteiger partial charge in [0, 0.05) is 32.0 Å². The van der Waals surface area contributed by atoms with Crippen LogP contribution in [-0.2, 0) is 11.2 Å². The Labute approximate surface area is 150 Å². The lowest BCUT2D eigenvalue weighted by molar-refractivity contribution is -0.384. The van der Waals surface area contributed by atoms with Crippen molar-refractivity contribution in [2.24, 2.45) is 0 Å². The molecule has 7 heteroatoms. The quantitative estimate of drug-likeness (QED) is 0.495. The molecule has 134 valence electrons. The van der Waals surface area contributed by atoms with Gasteiger partial charge in [0.2, 0.25) is 5.91 Å². The number of nitro groups is 1. The third-order valence-electron chi connectivity index (χ3n) is 4.43. The number of carbonyl (C=O) groups is 1. The van der Waals surface area contributed by atoms with Crippen LogP contribution in [0.3, 0.4) is 0 Å². The number of non-ortho nitro benzene ring substituents is 1. The van der Waals surface area contributed by atoms with Crippen LogP contribution in [0.2, 0.25) is 0 Å². The van der Waals surface area contributed by atoms with E-state index in [9.17, 15) is 14.9 Å². The molecule has 0 bridgehead atoms. The maximum absolute atomic E-state index is 12.5. The molecule has 3 rings (SSSR count). The Morgan fingerprint density at radius 3 is 2.77 bits per heavy atom. The highest BCUT2D eigenvalue weighted by atomic mass is 16.6. The summed E-state index contributed by atoms with van der Waals surface area (Å²) in [7, 11) is 1.69. The first-order chi connectivity index (χ1) is 12.5. The molecular weight excluding hydrogens is 334 g/mol. The Kier molecular flexibility index (Phi) is 4.97. The van der Waals surface area contributed by atoms with Gasteiger partial charge in [0.05, 0.1) is 11.0 Å². The van der Waals surface area contributed by atoms with Crippen LogP contribution >= 0.6 is 0 Å². The number of aromatic nitrogens is 1. The highest BCUT2D eigenvalue weighted by molar-refractivity contribution is 5.77. The van der Waals surface area contributed by atoms with Gasteiger partial charge in [-0.1, -0.05) is 24.3 Å². The van der Waals surface area contributed by atoms with Gasteiger partial charge in [-0.05, 0) is 24.6 Å². The number of rotatable bonds is 6. The van der Waals surface area contributed by atoms with Crippen LogP contribution in [0.1, 0.15) is 30.8 Å². The number of para-hydroxylation sites is 2. The van der Waals surface area contributed by atoms with Gasteiger partial charge >= 0.3 is 0 Å². The van der Waals surface area contributed by atoms with Crippen LogP contribution < -0.4 is 0 Å². The highest BCUT2D eigenvalue weighted by Gasteiger charge is 2.20. The zero-order chi connectivity index (χ0) is 18.7. The highest BCUT2D eigenvalue weighted by Crippen LogP contribution is 2.24. The molecule has 0 unspecified atom stereocenters. The number of carbonyl (C=O) groups excluding carboxylic acids is 1. The summed E-state index contributed by atoms with van der Waals surface area (Å²) in [6.45, 7) is 1.84. The summed E-state index contributed by atoms with van der Waals surface area (Å²) in [6, 6.07) is 13.5. The molecule has 0 saturated heterocycles. The van der Waals surface area contributed by atoms with Crippen LogP contribution in [0.5, 0.6) is 0 Å². The molecule has 0 spiro atoms. The minimum absolute atomic E-state index is 0.0154. The molecule has 0 saturated carbocycles. The van der Waals surface area contributed by atoms with Crippen molar-refractivity contribution in [3.63, 3.8) is 0 Å². The normalized spacial score (nSPS) is 12.1. The Balaban J connectivity index is 1.65. The zero-order valence-electron chi connectivity index (χ0n) is 14.6. The van der Waals surface area contributed by atoms with Gasteiger partial charge < -0.3 is 9.32 Å². The number of benzene rings is 2. The van der Waals surface area contributed by atoms with Gasteiger partial charge in [-0.3, -0.25) is 14.9 Å². The molecule has 0 aliphatic rings. The summed E-state index contributed by atoms with van der Waals surface area (Å²) >= 11 is 0. The van der Waals surface area contributed by atoms with Gasteiger partial charge in [0.1, 0.15) is 5.52 Å². The van der Waals surface area contributed by atoms with E-state index in [-0.39, 0.29) is 24.1 Å². The third kappa shape index (κ3) is 3.72. The molecule has 1 amide bonds. The first kappa shape index (κ1) is 17.6. The fraction of sp³-hybridized carbons (Fsp3) is 0.263. The van der Waals surface area contributed by atoms with E-state index in [2.05, 4.69) is 4.98 Å². The number of fused-ring (bicyclic) bond motifs is 1. The van der Waals surface area contributed by atoms with Crippen molar-refractivity contribution in [2.75, 3.05) is 7.05 Å². The first-order valence-corrected chi connectivity index (χ1v) is 8.30. The third-order valence-corrected chi connectivity index (χ3v) is 4.43. The number of amides is 1. The molecule has 7 nitrogen and oxygen atoms in total. The predicted molar refractivity (Wildman–Crippen MR) is 96.6 cm³/mol. The zero-order valence-corrected chi connectivity index (χ0v) is 14.6. The molecule has 1 atom stereocenters. The van der Waals surface area contributed by atoms with E-state index in [4.69, 9.17) is 4.42 Å². The minimum atomic E-state index is -0.439. The fourth-order valence-corrected chi connectivity index (χ4v) is 2.75. The molecule has 0 radical (unpaired) electrons. The molecule has 1 aromatic heterocycles. The van der Waals surface area contributed by atoms with Crippen molar-refractivity contribution in [3.05, 3.63) is 70.1 Å². The van der Waals surface area contributed by atoms with Gasteiger partial charge in [-0.15, -0.1) is 0 Å². The van der Waals surface area contributed by atoms with E-state index in [1.807, 2.05) is 31.2 Å². The molecule has 0 aliphatic heterocycles. The van der Waals surface area contributed by atoms with E-state index in [0.29, 0.717) is 17.9 Å². The Hall–Kier alpha value is -3.22. The van der Waals surface area contributed by atoms with Gasteiger partial charge in [0.25, 0.3) is 5.69 Å². The van der Waals surface area contributed by atoms with E-state index >= 15 is 0 Å².